The molecule has 0 radical (unpaired) electrons. The van der Waals surface area contributed by atoms with E-state index >= 15 is 0 Å². The molecule has 0 amide bonds. The summed E-state index contributed by atoms with van der Waals surface area (Å²) in [7, 11) is 0. The minimum atomic E-state index is 0.374. The highest BCUT2D eigenvalue weighted by molar-refractivity contribution is 5.53. The van der Waals surface area contributed by atoms with Crippen LogP contribution in [0.3, 0.4) is 0 Å². The molecule has 3 rings (SSSR count). The lowest BCUT2D eigenvalue weighted by Crippen LogP contribution is -2.31. The number of nitrogen functional groups attached to an aromatic ring is 1. The minimum absolute atomic E-state index is 0.374. The summed E-state index contributed by atoms with van der Waals surface area (Å²) in [6, 6.07) is 14.6. The first-order chi connectivity index (χ1) is 10.1. The second kappa shape index (κ2) is 5.48. The molecule has 2 aromatic heterocycles. The minimum Gasteiger partial charge on any atom is -0.399 e. The molecule has 0 aliphatic rings. The number of pyridine rings is 1. The van der Waals surface area contributed by atoms with Gasteiger partial charge in [-0.3, -0.25) is 4.40 Å². The Labute approximate surface area is 124 Å². The lowest BCUT2D eigenvalue weighted by atomic mass is 10.1. The van der Waals surface area contributed by atoms with Crippen LogP contribution in [-0.4, -0.2) is 15.4 Å². The molecule has 4 heteroatoms. The molecule has 2 heterocycles. The fraction of sp³-hybridized carbons (Fsp3) is 0.235. The van der Waals surface area contributed by atoms with Crippen molar-refractivity contribution in [3.8, 4) is 0 Å². The summed E-state index contributed by atoms with van der Waals surface area (Å²) in [5.74, 6) is 1.14. The molecule has 0 aliphatic carbocycles. The third-order valence-corrected chi connectivity index (χ3v) is 3.63. The lowest BCUT2D eigenvalue weighted by molar-refractivity contribution is 0.668. The number of imidazole rings is 1. The summed E-state index contributed by atoms with van der Waals surface area (Å²) in [6.07, 6.45) is 3.83. The second-order valence-electron chi connectivity index (χ2n) is 5.51. The first-order valence-electron chi connectivity index (χ1n) is 7.18. The maximum atomic E-state index is 5.89. The van der Waals surface area contributed by atoms with Crippen LogP contribution in [0.15, 0.2) is 54.9 Å². The Morgan fingerprint density at radius 1 is 1.19 bits per heavy atom. The maximum absolute atomic E-state index is 5.89. The summed E-state index contributed by atoms with van der Waals surface area (Å²) < 4.78 is 2.12. The Hall–Kier alpha value is -2.49. The van der Waals surface area contributed by atoms with E-state index in [0.717, 1.165) is 23.7 Å². The van der Waals surface area contributed by atoms with Gasteiger partial charge in [0.15, 0.2) is 0 Å². The van der Waals surface area contributed by atoms with Crippen molar-refractivity contribution in [3.63, 3.8) is 0 Å². The molecule has 3 aromatic rings. The first kappa shape index (κ1) is 13.5. The van der Waals surface area contributed by atoms with Gasteiger partial charge in [0.2, 0.25) is 0 Å². The normalized spacial score (nSPS) is 11.2. The van der Waals surface area contributed by atoms with Crippen LogP contribution >= 0.6 is 0 Å². The highest BCUT2D eigenvalue weighted by atomic mass is 15.2. The van der Waals surface area contributed by atoms with E-state index in [1.807, 2.05) is 42.7 Å². The van der Waals surface area contributed by atoms with E-state index in [9.17, 15) is 0 Å². The lowest BCUT2D eigenvalue weighted by Gasteiger charge is -2.29. The second-order valence-corrected chi connectivity index (χ2v) is 5.51. The fourth-order valence-electron chi connectivity index (χ4n) is 2.58. The number of hydrogen-bond acceptors (Lipinski definition) is 3. The van der Waals surface area contributed by atoms with Crippen molar-refractivity contribution < 1.29 is 0 Å². The van der Waals surface area contributed by atoms with Crippen LogP contribution in [0.4, 0.5) is 11.5 Å². The van der Waals surface area contributed by atoms with Crippen LogP contribution < -0.4 is 10.6 Å². The van der Waals surface area contributed by atoms with Crippen LogP contribution in [-0.2, 0) is 6.54 Å². The molecule has 108 valence electrons. The van der Waals surface area contributed by atoms with Crippen molar-refractivity contribution in [2.45, 2.75) is 26.4 Å². The fourth-order valence-corrected chi connectivity index (χ4v) is 2.58. The van der Waals surface area contributed by atoms with Gasteiger partial charge in [0.05, 0.1) is 0 Å². The number of benzene rings is 1. The average molecular weight is 280 g/mol. The van der Waals surface area contributed by atoms with Gasteiger partial charge in [-0.25, -0.2) is 4.98 Å². The number of nitrogens with two attached hydrogens (primary N) is 1. The van der Waals surface area contributed by atoms with E-state index in [2.05, 4.69) is 40.3 Å². The molecule has 21 heavy (non-hydrogen) atoms. The van der Waals surface area contributed by atoms with Crippen LogP contribution in [0, 0.1) is 0 Å². The van der Waals surface area contributed by atoms with Gasteiger partial charge < -0.3 is 10.6 Å². The van der Waals surface area contributed by atoms with E-state index in [1.54, 1.807) is 0 Å². The van der Waals surface area contributed by atoms with Gasteiger partial charge in [-0.1, -0.05) is 18.2 Å². The third kappa shape index (κ3) is 2.70. The number of rotatable bonds is 4. The number of fused-ring (bicyclic) bond motifs is 1. The maximum Gasteiger partial charge on any atom is 0.138 e. The first-order valence-corrected chi connectivity index (χ1v) is 7.18. The molecule has 0 saturated carbocycles. The SMILES string of the molecule is CC(C)N(Cc1cccc(N)c1)c1cccc2nccn12. The van der Waals surface area contributed by atoms with Gasteiger partial charge in [0, 0.05) is 30.7 Å². The van der Waals surface area contributed by atoms with Gasteiger partial charge in [-0.2, -0.15) is 0 Å². The highest BCUT2D eigenvalue weighted by Crippen LogP contribution is 2.22. The van der Waals surface area contributed by atoms with E-state index in [-0.39, 0.29) is 0 Å². The summed E-state index contributed by atoms with van der Waals surface area (Å²) in [6.45, 7) is 5.21. The predicted molar refractivity (Wildman–Crippen MR) is 87.4 cm³/mol. The summed E-state index contributed by atoms with van der Waals surface area (Å²) in [5.41, 5.74) is 8.86. The van der Waals surface area contributed by atoms with Crippen LogP contribution in [0.1, 0.15) is 19.4 Å². The Morgan fingerprint density at radius 2 is 2.00 bits per heavy atom. The van der Waals surface area contributed by atoms with Gasteiger partial charge >= 0.3 is 0 Å². The third-order valence-electron chi connectivity index (χ3n) is 3.63. The molecule has 0 spiro atoms. The van der Waals surface area contributed by atoms with Crippen molar-refractivity contribution in [1.29, 1.82) is 0 Å². The highest BCUT2D eigenvalue weighted by Gasteiger charge is 2.14. The quantitative estimate of drug-likeness (QED) is 0.746. The zero-order valence-corrected chi connectivity index (χ0v) is 12.4. The van der Waals surface area contributed by atoms with Crippen molar-refractivity contribution in [3.05, 3.63) is 60.4 Å². The largest absolute Gasteiger partial charge is 0.399 e. The predicted octanol–water partition coefficient (Wildman–Crippen LogP) is 3.33. The van der Waals surface area contributed by atoms with Crippen molar-refractivity contribution in [1.82, 2.24) is 9.38 Å². The molecule has 0 unspecified atom stereocenters. The van der Waals surface area contributed by atoms with Gasteiger partial charge in [-0.05, 0) is 43.7 Å². The Bertz CT molecular complexity index is 745. The molecular formula is C17H20N4. The molecule has 0 atom stereocenters. The van der Waals surface area contributed by atoms with E-state index in [1.165, 1.54) is 5.56 Å². The molecule has 1 aromatic carbocycles. The Kier molecular flexibility index (Phi) is 3.52. The van der Waals surface area contributed by atoms with Gasteiger partial charge in [-0.15, -0.1) is 0 Å². The van der Waals surface area contributed by atoms with Crippen molar-refractivity contribution >= 4 is 17.2 Å². The Balaban J connectivity index is 2.00. The monoisotopic (exact) mass is 280 g/mol. The van der Waals surface area contributed by atoms with Crippen molar-refractivity contribution in [2.75, 3.05) is 10.6 Å². The number of nitrogens with zero attached hydrogens (tertiary/aromatic N) is 3. The topological polar surface area (TPSA) is 46.6 Å². The van der Waals surface area contributed by atoms with Gasteiger partial charge in [0.1, 0.15) is 11.5 Å². The molecule has 0 fully saturated rings. The zero-order valence-electron chi connectivity index (χ0n) is 12.4. The van der Waals surface area contributed by atoms with E-state index in [4.69, 9.17) is 5.73 Å². The smallest absolute Gasteiger partial charge is 0.138 e. The molecule has 2 N–H and O–H groups in total. The van der Waals surface area contributed by atoms with Crippen LogP contribution in [0.25, 0.3) is 5.65 Å². The summed E-state index contributed by atoms with van der Waals surface area (Å²) in [5, 5.41) is 0. The summed E-state index contributed by atoms with van der Waals surface area (Å²) >= 11 is 0. The molecule has 0 saturated heterocycles. The summed E-state index contributed by atoms with van der Waals surface area (Å²) in [4.78, 5) is 6.71. The van der Waals surface area contributed by atoms with Gasteiger partial charge in [0.25, 0.3) is 0 Å². The zero-order chi connectivity index (χ0) is 14.8. The van der Waals surface area contributed by atoms with E-state index < -0.39 is 0 Å². The molecule has 4 nitrogen and oxygen atoms in total. The molecular weight excluding hydrogens is 260 g/mol. The van der Waals surface area contributed by atoms with E-state index in [0.29, 0.717) is 6.04 Å². The molecule has 0 aliphatic heterocycles. The van der Waals surface area contributed by atoms with Crippen LogP contribution in [0.5, 0.6) is 0 Å². The number of anilines is 2. The average Bonchev–Trinajstić information content (AvgIpc) is 2.93. The Morgan fingerprint density at radius 3 is 2.76 bits per heavy atom. The standard InChI is InChI=1S/C17H20N4/c1-13(2)21(12-14-5-3-6-15(18)11-14)17-8-4-7-16-19-9-10-20(16)17/h3-11,13H,12,18H2,1-2H3. The number of aromatic nitrogens is 2. The number of hydrogen-bond donors (Lipinski definition) is 1. The molecule has 0 bridgehead atoms. The van der Waals surface area contributed by atoms with Crippen molar-refractivity contribution in [2.24, 2.45) is 0 Å². The van der Waals surface area contributed by atoms with Crippen LogP contribution in [0.2, 0.25) is 0 Å².